The maximum atomic E-state index is 12.6. The van der Waals surface area contributed by atoms with Gasteiger partial charge in [-0.25, -0.2) is 4.98 Å². The van der Waals surface area contributed by atoms with Crippen LogP contribution < -0.4 is 5.56 Å². The highest BCUT2D eigenvalue weighted by atomic mass is 32.2. The first-order chi connectivity index (χ1) is 16.8. The summed E-state index contributed by atoms with van der Waals surface area (Å²) in [5.74, 6) is 2.09. The molecule has 5 aromatic rings. The first-order valence-electron chi connectivity index (χ1n) is 11.5. The Hall–Kier alpha value is -3.65. The molecule has 0 aliphatic rings. The average molecular weight is 486 g/mol. The number of hydrogen-bond donors (Lipinski definition) is 0. The zero-order chi connectivity index (χ0) is 24.6. The Balaban J connectivity index is 1.47. The predicted molar refractivity (Wildman–Crippen MR) is 138 cm³/mol. The van der Waals surface area contributed by atoms with Gasteiger partial charge in [0, 0.05) is 23.6 Å². The lowest BCUT2D eigenvalue weighted by atomic mass is 9.87. The van der Waals surface area contributed by atoms with E-state index < -0.39 is 0 Å². The minimum Gasteiger partial charge on any atom is -0.467 e. The highest BCUT2D eigenvalue weighted by molar-refractivity contribution is 7.98. The summed E-state index contributed by atoms with van der Waals surface area (Å²) in [4.78, 5) is 17.3. The summed E-state index contributed by atoms with van der Waals surface area (Å²) in [6, 6.07) is 17.7. The van der Waals surface area contributed by atoms with E-state index in [0.29, 0.717) is 23.6 Å². The van der Waals surface area contributed by atoms with Crippen LogP contribution in [0.4, 0.5) is 0 Å². The minimum atomic E-state index is -0.0917. The molecule has 0 bridgehead atoms. The molecule has 0 atom stereocenters. The maximum absolute atomic E-state index is 12.6. The Morgan fingerprint density at radius 1 is 1.03 bits per heavy atom. The number of furan rings is 1. The molecule has 0 aliphatic heterocycles. The van der Waals surface area contributed by atoms with Crippen LogP contribution in [0.1, 0.15) is 43.4 Å². The average Bonchev–Trinajstić information content (AvgIpc) is 3.48. The van der Waals surface area contributed by atoms with Crippen LogP contribution in [0, 0.1) is 6.92 Å². The zero-order valence-electron chi connectivity index (χ0n) is 20.2. The van der Waals surface area contributed by atoms with Crippen LogP contribution in [0.3, 0.4) is 0 Å². The van der Waals surface area contributed by atoms with Crippen LogP contribution in [0.2, 0.25) is 0 Å². The molecule has 7 nitrogen and oxygen atoms in total. The fraction of sp³-hybridized carbons (Fsp3) is 0.259. The van der Waals surface area contributed by atoms with Crippen LogP contribution in [-0.4, -0.2) is 24.1 Å². The Morgan fingerprint density at radius 2 is 1.83 bits per heavy atom. The van der Waals surface area contributed by atoms with Crippen molar-refractivity contribution in [2.75, 3.05) is 0 Å². The SMILES string of the molecule is Cc1cccn2c(=O)cc(CSc3nnc(-c4ccc(C(C)(C)C)cc4)n3Cc3ccco3)nc12. The van der Waals surface area contributed by atoms with Crippen molar-refractivity contribution in [2.45, 2.75) is 50.6 Å². The number of aryl methyl sites for hydroxylation is 1. The summed E-state index contributed by atoms with van der Waals surface area (Å²) in [5, 5.41) is 9.74. The van der Waals surface area contributed by atoms with Gasteiger partial charge in [0.25, 0.3) is 5.56 Å². The van der Waals surface area contributed by atoms with E-state index in [2.05, 4.69) is 59.8 Å². The fourth-order valence-corrected chi connectivity index (χ4v) is 4.78. The molecule has 0 saturated carbocycles. The standard InChI is InChI=1S/C27H27N5O2S/c1-18-7-5-13-31-23(33)15-21(28-24(18)31)17-35-26-30-29-25(32(26)16-22-8-6-14-34-22)19-9-11-20(12-10-19)27(2,3)4/h5-15H,16-17H2,1-4H3. The Morgan fingerprint density at radius 3 is 2.54 bits per heavy atom. The molecule has 178 valence electrons. The van der Waals surface area contributed by atoms with Crippen molar-refractivity contribution in [3.63, 3.8) is 0 Å². The fourth-order valence-electron chi connectivity index (χ4n) is 3.95. The highest BCUT2D eigenvalue weighted by Crippen LogP contribution is 2.29. The van der Waals surface area contributed by atoms with Gasteiger partial charge < -0.3 is 4.42 Å². The molecular weight excluding hydrogens is 458 g/mol. The van der Waals surface area contributed by atoms with E-state index in [-0.39, 0.29) is 11.0 Å². The number of pyridine rings is 1. The van der Waals surface area contributed by atoms with Crippen molar-refractivity contribution >= 4 is 17.4 Å². The molecule has 0 radical (unpaired) electrons. The molecule has 4 aromatic heterocycles. The summed E-state index contributed by atoms with van der Waals surface area (Å²) in [6.07, 6.45) is 3.41. The molecule has 4 heterocycles. The van der Waals surface area contributed by atoms with Gasteiger partial charge in [0.15, 0.2) is 11.0 Å². The summed E-state index contributed by atoms with van der Waals surface area (Å²) >= 11 is 1.51. The van der Waals surface area contributed by atoms with Gasteiger partial charge >= 0.3 is 0 Å². The lowest BCUT2D eigenvalue weighted by Crippen LogP contribution is -2.15. The molecule has 1 aromatic carbocycles. The summed E-state index contributed by atoms with van der Waals surface area (Å²) in [5.41, 5.74) is 4.57. The second kappa shape index (κ2) is 9.19. The first kappa shape index (κ1) is 23.1. The Bertz CT molecular complexity index is 1530. The van der Waals surface area contributed by atoms with E-state index in [0.717, 1.165) is 27.9 Å². The maximum Gasteiger partial charge on any atom is 0.258 e. The van der Waals surface area contributed by atoms with E-state index in [9.17, 15) is 4.79 Å². The first-order valence-corrected chi connectivity index (χ1v) is 12.5. The molecule has 0 fully saturated rings. The van der Waals surface area contributed by atoms with Crippen LogP contribution >= 0.6 is 11.8 Å². The highest BCUT2D eigenvalue weighted by Gasteiger charge is 2.18. The number of hydrogen-bond acceptors (Lipinski definition) is 6. The number of rotatable bonds is 6. The van der Waals surface area contributed by atoms with Crippen LogP contribution in [0.15, 0.2) is 81.4 Å². The number of benzene rings is 1. The quantitative estimate of drug-likeness (QED) is 0.296. The molecule has 0 unspecified atom stereocenters. The second-order valence-corrected chi connectivity index (χ2v) is 10.5. The van der Waals surface area contributed by atoms with Crippen molar-refractivity contribution in [1.29, 1.82) is 0 Å². The third-order valence-corrected chi connectivity index (χ3v) is 6.91. The van der Waals surface area contributed by atoms with Crippen molar-refractivity contribution in [2.24, 2.45) is 0 Å². The summed E-state index contributed by atoms with van der Waals surface area (Å²) in [7, 11) is 0. The topological polar surface area (TPSA) is 78.2 Å². The molecule has 35 heavy (non-hydrogen) atoms. The van der Waals surface area contributed by atoms with Gasteiger partial charge in [-0.1, -0.05) is 62.9 Å². The smallest absolute Gasteiger partial charge is 0.258 e. The van der Waals surface area contributed by atoms with E-state index >= 15 is 0 Å². The van der Waals surface area contributed by atoms with E-state index in [4.69, 9.17) is 9.40 Å². The second-order valence-electron chi connectivity index (χ2n) is 9.56. The van der Waals surface area contributed by atoms with Crippen LogP contribution in [0.25, 0.3) is 17.0 Å². The molecule has 0 N–H and O–H groups in total. The molecular formula is C27H27N5O2S. The summed E-state index contributed by atoms with van der Waals surface area (Å²) < 4.78 is 9.24. The largest absolute Gasteiger partial charge is 0.467 e. The van der Waals surface area contributed by atoms with Gasteiger partial charge in [-0.3, -0.25) is 13.8 Å². The minimum absolute atomic E-state index is 0.0747. The van der Waals surface area contributed by atoms with Crippen molar-refractivity contribution in [1.82, 2.24) is 24.1 Å². The number of aromatic nitrogens is 5. The Kier molecular flexibility index (Phi) is 6.06. The van der Waals surface area contributed by atoms with Crippen molar-refractivity contribution < 1.29 is 4.42 Å². The molecule has 8 heteroatoms. The molecule has 0 aliphatic carbocycles. The molecule has 0 saturated heterocycles. The lowest BCUT2D eigenvalue weighted by Gasteiger charge is -2.19. The molecule has 0 spiro atoms. The van der Waals surface area contributed by atoms with Gasteiger partial charge in [-0.2, -0.15) is 0 Å². The van der Waals surface area contributed by atoms with Gasteiger partial charge in [0.1, 0.15) is 11.4 Å². The van der Waals surface area contributed by atoms with Gasteiger partial charge in [0.05, 0.1) is 18.5 Å². The number of fused-ring (bicyclic) bond motifs is 1. The number of thioether (sulfide) groups is 1. The monoisotopic (exact) mass is 485 g/mol. The molecule has 5 rings (SSSR count). The lowest BCUT2D eigenvalue weighted by molar-refractivity contribution is 0.485. The van der Waals surface area contributed by atoms with Crippen molar-refractivity contribution in [3.05, 3.63) is 100.0 Å². The van der Waals surface area contributed by atoms with Crippen LogP contribution in [0.5, 0.6) is 0 Å². The van der Waals surface area contributed by atoms with E-state index in [1.165, 1.54) is 17.3 Å². The van der Waals surface area contributed by atoms with Gasteiger partial charge in [-0.15, -0.1) is 10.2 Å². The predicted octanol–water partition coefficient (Wildman–Crippen LogP) is 5.49. The summed E-state index contributed by atoms with van der Waals surface area (Å²) in [6.45, 7) is 9.06. The van der Waals surface area contributed by atoms with Crippen LogP contribution in [-0.2, 0) is 17.7 Å². The molecule has 0 amide bonds. The van der Waals surface area contributed by atoms with Gasteiger partial charge in [0.2, 0.25) is 0 Å². The Labute approximate surface area is 207 Å². The third-order valence-electron chi connectivity index (χ3n) is 5.91. The van der Waals surface area contributed by atoms with Gasteiger partial charge in [-0.05, 0) is 41.7 Å². The zero-order valence-corrected chi connectivity index (χ0v) is 21.0. The third kappa shape index (κ3) is 4.79. The van der Waals surface area contributed by atoms with E-state index in [1.54, 1.807) is 22.9 Å². The van der Waals surface area contributed by atoms with E-state index in [1.807, 2.05) is 31.2 Å². The normalized spacial score (nSPS) is 11.9. The van der Waals surface area contributed by atoms with Crippen molar-refractivity contribution in [3.8, 4) is 11.4 Å². The number of nitrogens with zero attached hydrogens (tertiary/aromatic N) is 5.